The summed E-state index contributed by atoms with van der Waals surface area (Å²) in [5.41, 5.74) is 1.27. The van der Waals surface area contributed by atoms with Crippen LogP contribution in [-0.4, -0.2) is 16.3 Å². The van der Waals surface area contributed by atoms with Gasteiger partial charge in [-0.1, -0.05) is 36.4 Å². The Bertz CT molecular complexity index is 1080. The zero-order chi connectivity index (χ0) is 21.0. The van der Waals surface area contributed by atoms with Crippen LogP contribution in [0.2, 0.25) is 0 Å². The molecule has 1 heterocycles. The van der Waals surface area contributed by atoms with Gasteiger partial charge in [0.1, 0.15) is 5.82 Å². The minimum absolute atomic E-state index is 0.146. The van der Waals surface area contributed by atoms with Gasteiger partial charge in [-0.05, 0) is 49.2 Å². The molecule has 0 aliphatic heterocycles. The molecule has 148 valence electrons. The molecule has 0 fully saturated rings. The van der Waals surface area contributed by atoms with Crippen LogP contribution >= 0.6 is 0 Å². The number of aromatic nitrogens is 1. The third-order valence-electron chi connectivity index (χ3n) is 4.65. The molecule has 3 rings (SSSR count). The second-order valence-electron chi connectivity index (χ2n) is 6.87. The monoisotopic (exact) mass is 392 g/mol. The molecule has 2 atom stereocenters. The van der Waals surface area contributed by atoms with Crippen molar-refractivity contribution in [2.24, 2.45) is 0 Å². The van der Waals surface area contributed by atoms with Crippen LogP contribution in [0.4, 0.5) is 4.39 Å². The average molecular weight is 392 g/mol. The molecular weight excluding hydrogens is 371 g/mol. The third-order valence-corrected chi connectivity index (χ3v) is 4.65. The van der Waals surface area contributed by atoms with Crippen molar-refractivity contribution in [3.05, 3.63) is 106 Å². The Balaban J connectivity index is 1.99. The SMILES string of the molecule is Cc1ccc(=O)n(C(C(=O)NC(C)c2ccccc2)C(=O)c2ccc(F)cc2)c1. The van der Waals surface area contributed by atoms with Crippen molar-refractivity contribution in [2.45, 2.75) is 25.9 Å². The van der Waals surface area contributed by atoms with Crippen LogP contribution < -0.4 is 10.9 Å². The van der Waals surface area contributed by atoms with Crippen molar-refractivity contribution in [1.82, 2.24) is 9.88 Å². The van der Waals surface area contributed by atoms with Crippen LogP contribution in [0.3, 0.4) is 0 Å². The van der Waals surface area contributed by atoms with Crippen LogP contribution in [0.25, 0.3) is 0 Å². The molecule has 0 saturated carbocycles. The summed E-state index contributed by atoms with van der Waals surface area (Å²) < 4.78 is 14.4. The smallest absolute Gasteiger partial charge is 0.251 e. The zero-order valence-electron chi connectivity index (χ0n) is 16.1. The Morgan fingerprint density at radius 3 is 2.28 bits per heavy atom. The van der Waals surface area contributed by atoms with E-state index in [0.717, 1.165) is 27.8 Å². The number of ketones is 1. The van der Waals surface area contributed by atoms with Gasteiger partial charge in [0, 0.05) is 17.8 Å². The Kier molecular flexibility index (Phi) is 6.02. The minimum Gasteiger partial charge on any atom is -0.347 e. The van der Waals surface area contributed by atoms with E-state index in [1.807, 2.05) is 30.3 Å². The molecule has 0 saturated heterocycles. The highest BCUT2D eigenvalue weighted by Gasteiger charge is 2.31. The summed E-state index contributed by atoms with van der Waals surface area (Å²) in [6.07, 6.45) is 1.47. The maximum absolute atomic E-state index is 13.3. The fourth-order valence-corrected chi connectivity index (χ4v) is 3.08. The quantitative estimate of drug-likeness (QED) is 0.515. The summed E-state index contributed by atoms with van der Waals surface area (Å²) in [6.45, 7) is 3.56. The molecule has 6 heteroatoms. The van der Waals surface area contributed by atoms with E-state index in [1.165, 1.54) is 24.4 Å². The van der Waals surface area contributed by atoms with E-state index < -0.39 is 29.1 Å². The van der Waals surface area contributed by atoms with Crippen molar-refractivity contribution in [3.63, 3.8) is 0 Å². The van der Waals surface area contributed by atoms with Gasteiger partial charge in [0.15, 0.2) is 11.8 Å². The fraction of sp³-hybridized carbons (Fsp3) is 0.174. The molecule has 5 nitrogen and oxygen atoms in total. The molecule has 0 aliphatic carbocycles. The fourth-order valence-electron chi connectivity index (χ4n) is 3.08. The summed E-state index contributed by atoms with van der Waals surface area (Å²) in [5, 5.41) is 2.81. The number of hydrogen-bond acceptors (Lipinski definition) is 3. The maximum Gasteiger partial charge on any atom is 0.251 e. The summed E-state index contributed by atoms with van der Waals surface area (Å²) >= 11 is 0. The predicted octanol–water partition coefficient (Wildman–Crippen LogP) is 3.60. The number of nitrogens with one attached hydrogen (secondary N) is 1. The highest BCUT2D eigenvalue weighted by molar-refractivity contribution is 6.11. The lowest BCUT2D eigenvalue weighted by Crippen LogP contribution is -2.42. The van der Waals surface area contributed by atoms with Crippen molar-refractivity contribution in [3.8, 4) is 0 Å². The molecule has 2 unspecified atom stereocenters. The zero-order valence-corrected chi connectivity index (χ0v) is 16.1. The third kappa shape index (κ3) is 4.66. The Hall–Kier alpha value is -3.54. The van der Waals surface area contributed by atoms with Crippen LogP contribution in [0, 0.1) is 12.7 Å². The largest absolute Gasteiger partial charge is 0.347 e. The molecule has 0 radical (unpaired) electrons. The summed E-state index contributed by atoms with van der Waals surface area (Å²) in [7, 11) is 0. The van der Waals surface area contributed by atoms with E-state index in [9.17, 15) is 18.8 Å². The molecule has 1 N–H and O–H groups in total. The summed E-state index contributed by atoms with van der Waals surface area (Å²) in [4.78, 5) is 38.7. The number of rotatable bonds is 6. The first-order valence-corrected chi connectivity index (χ1v) is 9.20. The first kappa shape index (κ1) is 20.2. The lowest BCUT2D eigenvalue weighted by molar-refractivity contribution is -0.123. The number of pyridine rings is 1. The van der Waals surface area contributed by atoms with Crippen LogP contribution in [0.5, 0.6) is 0 Å². The number of carbonyl (C=O) groups excluding carboxylic acids is 2. The van der Waals surface area contributed by atoms with Gasteiger partial charge in [-0.15, -0.1) is 0 Å². The number of amides is 1. The number of carbonyl (C=O) groups is 2. The lowest BCUT2D eigenvalue weighted by Gasteiger charge is -2.22. The number of aryl methyl sites for hydroxylation is 1. The van der Waals surface area contributed by atoms with Gasteiger partial charge in [0.25, 0.3) is 11.5 Å². The van der Waals surface area contributed by atoms with E-state index in [2.05, 4.69) is 5.32 Å². The van der Waals surface area contributed by atoms with Crippen molar-refractivity contribution in [2.75, 3.05) is 0 Å². The number of halogens is 1. The van der Waals surface area contributed by atoms with Gasteiger partial charge < -0.3 is 5.32 Å². The predicted molar refractivity (Wildman–Crippen MR) is 108 cm³/mol. The first-order valence-electron chi connectivity index (χ1n) is 9.20. The molecule has 3 aromatic rings. The van der Waals surface area contributed by atoms with E-state index in [4.69, 9.17) is 0 Å². The van der Waals surface area contributed by atoms with Gasteiger partial charge in [-0.25, -0.2) is 4.39 Å². The molecular formula is C23H21FN2O3. The molecule has 0 aliphatic rings. The van der Waals surface area contributed by atoms with Gasteiger partial charge >= 0.3 is 0 Å². The van der Waals surface area contributed by atoms with Crippen molar-refractivity contribution in [1.29, 1.82) is 0 Å². The standard InChI is InChI=1S/C23H21FN2O3/c1-15-8-13-20(27)26(14-15)21(22(28)18-9-11-19(24)12-10-18)23(29)25-16(2)17-6-4-3-5-7-17/h3-14,16,21H,1-2H3,(H,25,29). The van der Waals surface area contributed by atoms with E-state index in [-0.39, 0.29) is 11.6 Å². The maximum atomic E-state index is 13.3. The molecule has 29 heavy (non-hydrogen) atoms. The first-order chi connectivity index (χ1) is 13.9. The molecule has 1 amide bonds. The van der Waals surface area contributed by atoms with Gasteiger partial charge in [0.2, 0.25) is 0 Å². The summed E-state index contributed by atoms with van der Waals surface area (Å²) in [5.74, 6) is -1.69. The van der Waals surface area contributed by atoms with Crippen LogP contribution in [-0.2, 0) is 4.79 Å². The number of nitrogens with zero attached hydrogens (tertiary/aromatic N) is 1. The summed E-state index contributed by atoms with van der Waals surface area (Å²) in [6, 6.07) is 15.4. The van der Waals surface area contributed by atoms with E-state index >= 15 is 0 Å². The minimum atomic E-state index is -1.40. The number of benzene rings is 2. The molecule has 1 aromatic heterocycles. The van der Waals surface area contributed by atoms with Gasteiger partial charge in [0.05, 0.1) is 6.04 Å². The molecule has 0 bridgehead atoms. The topological polar surface area (TPSA) is 68.2 Å². The Labute approximate surface area is 167 Å². The Morgan fingerprint density at radius 1 is 0.966 bits per heavy atom. The number of Topliss-reactive ketones (excluding diaryl/α,β-unsaturated/α-hetero) is 1. The van der Waals surface area contributed by atoms with Crippen LogP contribution in [0.1, 0.15) is 40.5 Å². The van der Waals surface area contributed by atoms with Gasteiger partial charge in [-0.3, -0.25) is 19.0 Å². The second kappa shape index (κ2) is 8.65. The van der Waals surface area contributed by atoms with Gasteiger partial charge in [-0.2, -0.15) is 0 Å². The second-order valence-corrected chi connectivity index (χ2v) is 6.87. The van der Waals surface area contributed by atoms with Crippen molar-refractivity contribution < 1.29 is 14.0 Å². The number of hydrogen-bond donors (Lipinski definition) is 1. The van der Waals surface area contributed by atoms with E-state index in [0.29, 0.717) is 0 Å². The normalized spacial score (nSPS) is 12.8. The Morgan fingerprint density at radius 2 is 1.62 bits per heavy atom. The van der Waals surface area contributed by atoms with E-state index in [1.54, 1.807) is 19.9 Å². The van der Waals surface area contributed by atoms with Crippen LogP contribution in [0.15, 0.2) is 77.7 Å². The average Bonchev–Trinajstić information content (AvgIpc) is 2.71. The lowest BCUT2D eigenvalue weighted by atomic mass is 10.0. The highest BCUT2D eigenvalue weighted by Crippen LogP contribution is 2.18. The van der Waals surface area contributed by atoms with Crippen molar-refractivity contribution >= 4 is 11.7 Å². The molecule has 2 aromatic carbocycles. The molecule has 0 spiro atoms. The highest BCUT2D eigenvalue weighted by atomic mass is 19.1.